The van der Waals surface area contributed by atoms with Crippen LogP contribution in [0.1, 0.15) is 38.1 Å². The number of rotatable bonds is 5. The molecule has 28 heavy (non-hydrogen) atoms. The van der Waals surface area contributed by atoms with Gasteiger partial charge in [0.05, 0.1) is 24.4 Å². The van der Waals surface area contributed by atoms with Gasteiger partial charge in [0.25, 0.3) is 0 Å². The maximum absolute atomic E-state index is 12.6. The smallest absolute Gasteiger partial charge is 0.318 e. The molecule has 146 valence electrons. The first kappa shape index (κ1) is 18.3. The Morgan fingerprint density at radius 3 is 3.00 bits per heavy atom. The molecule has 0 spiro atoms. The van der Waals surface area contributed by atoms with Crippen LogP contribution < -0.4 is 10.1 Å². The van der Waals surface area contributed by atoms with Crippen LogP contribution in [0.3, 0.4) is 0 Å². The SMILES string of the molecule is CCCNC(=O)N1CCCC1c1nc(-c2cccc(OC)c2)c2ccccn12. The van der Waals surface area contributed by atoms with Crippen molar-refractivity contribution in [3.63, 3.8) is 0 Å². The number of nitrogens with one attached hydrogen (secondary N) is 1. The van der Waals surface area contributed by atoms with Crippen LogP contribution in [0.5, 0.6) is 5.75 Å². The van der Waals surface area contributed by atoms with Crippen molar-refractivity contribution in [3.05, 3.63) is 54.5 Å². The van der Waals surface area contributed by atoms with E-state index < -0.39 is 0 Å². The molecule has 0 aliphatic carbocycles. The Kier molecular flexibility index (Phi) is 5.19. The van der Waals surface area contributed by atoms with Crippen molar-refractivity contribution < 1.29 is 9.53 Å². The van der Waals surface area contributed by atoms with Gasteiger partial charge in [0, 0.05) is 24.8 Å². The third-order valence-electron chi connectivity index (χ3n) is 5.26. The molecule has 2 aromatic heterocycles. The molecule has 1 saturated heterocycles. The van der Waals surface area contributed by atoms with E-state index in [0.29, 0.717) is 6.54 Å². The highest BCUT2D eigenvalue weighted by Crippen LogP contribution is 2.35. The van der Waals surface area contributed by atoms with Gasteiger partial charge in [0.15, 0.2) is 0 Å². The summed E-state index contributed by atoms with van der Waals surface area (Å²) in [5, 5.41) is 3.01. The van der Waals surface area contributed by atoms with Crippen molar-refractivity contribution in [2.45, 2.75) is 32.2 Å². The number of aromatic nitrogens is 2. The fourth-order valence-corrected chi connectivity index (χ4v) is 3.89. The number of benzene rings is 1. The quantitative estimate of drug-likeness (QED) is 0.721. The zero-order valence-corrected chi connectivity index (χ0v) is 16.4. The zero-order chi connectivity index (χ0) is 19.5. The molecule has 6 heteroatoms. The fraction of sp³-hybridized carbons (Fsp3) is 0.364. The largest absolute Gasteiger partial charge is 0.497 e. The first-order chi connectivity index (χ1) is 13.7. The van der Waals surface area contributed by atoms with E-state index in [2.05, 4.69) is 22.7 Å². The Bertz CT molecular complexity index is 982. The lowest BCUT2D eigenvalue weighted by Crippen LogP contribution is -2.40. The summed E-state index contributed by atoms with van der Waals surface area (Å²) in [6, 6.07) is 14.0. The number of urea groups is 1. The lowest BCUT2D eigenvalue weighted by atomic mass is 10.1. The number of carbonyl (C=O) groups excluding carboxylic acids is 1. The zero-order valence-electron chi connectivity index (χ0n) is 16.4. The van der Waals surface area contributed by atoms with Gasteiger partial charge in [-0.05, 0) is 43.5 Å². The summed E-state index contributed by atoms with van der Waals surface area (Å²) in [4.78, 5) is 19.6. The average molecular weight is 378 g/mol. The number of likely N-dealkylation sites (tertiary alicyclic amines) is 1. The molecule has 1 N–H and O–H groups in total. The second-order valence-corrected chi connectivity index (χ2v) is 7.09. The van der Waals surface area contributed by atoms with Crippen molar-refractivity contribution in [2.75, 3.05) is 20.2 Å². The van der Waals surface area contributed by atoms with Crippen molar-refractivity contribution in [3.8, 4) is 17.0 Å². The molecular weight excluding hydrogens is 352 g/mol. The molecular formula is C22H26N4O2. The molecule has 3 heterocycles. The van der Waals surface area contributed by atoms with Crippen molar-refractivity contribution in [1.29, 1.82) is 0 Å². The maximum Gasteiger partial charge on any atom is 0.318 e. The summed E-state index contributed by atoms with van der Waals surface area (Å²) in [6.07, 6.45) is 4.86. The minimum absolute atomic E-state index is 0.0000357. The highest BCUT2D eigenvalue weighted by molar-refractivity contribution is 5.79. The summed E-state index contributed by atoms with van der Waals surface area (Å²) >= 11 is 0. The van der Waals surface area contributed by atoms with Crippen LogP contribution in [0.15, 0.2) is 48.7 Å². The summed E-state index contributed by atoms with van der Waals surface area (Å²) in [5.74, 6) is 1.72. The van der Waals surface area contributed by atoms with Crippen LogP contribution in [0.4, 0.5) is 4.79 Å². The normalized spacial score (nSPS) is 16.5. The van der Waals surface area contributed by atoms with Crippen LogP contribution in [0, 0.1) is 0 Å². The second-order valence-electron chi connectivity index (χ2n) is 7.09. The van der Waals surface area contributed by atoms with Gasteiger partial charge in [-0.25, -0.2) is 9.78 Å². The molecule has 0 bridgehead atoms. The predicted molar refractivity (Wildman–Crippen MR) is 110 cm³/mol. The Labute approximate surface area is 165 Å². The highest BCUT2D eigenvalue weighted by atomic mass is 16.5. The van der Waals surface area contributed by atoms with Gasteiger partial charge in [0.2, 0.25) is 0 Å². The van der Waals surface area contributed by atoms with E-state index in [-0.39, 0.29) is 12.1 Å². The van der Waals surface area contributed by atoms with Gasteiger partial charge < -0.3 is 19.4 Å². The highest BCUT2D eigenvalue weighted by Gasteiger charge is 2.33. The number of carbonyl (C=O) groups is 1. The number of methoxy groups -OCH3 is 1. The van der Waals surface area contributed by atoms with Gasteiger partial charge in [-0.1, -0.05) is 25.1 Å². The Hall–Kier alpha value is -3.02. The number of amides is 2. The van der Waals surface area contributed by atoms with Gasteiger partial charge in [-0.2, -0.15) is 0 Å². The number of fused-ring (bicyclic) bond motifs is 1. The van der Waals surface area contributed by atoms with Gasteiger partial charge in [0.1, 0.15) is 11.6 Å². The molecule has 3 aromatic rings. The molecule has 2 amide bonds. The van der Waals surface area contributed by atoms with E-state index in [9.17, 15) is 4.79 Å². The molecule has 1 aliphatic heterocycles. The standard InChI is InChI=1S/C22H26N4O2/c1-3-12-23-22(27)26-14-7-11-19(26)21-24-20(18-10-4-5-13-25(18)21)16-8-6-9-17(15-16)28-2/h4-6,8-10,13,15,19H,3,7,11-12,14H2,1-2H3,(H,23,27). The summed E-state index contributed by atoms with van der Waals surface area (Å²) < 4.78 is 7.50. The predicted octanol–water partition coefficient (Wildman–Crippen LogP) is 4.27. The molecule has 1 aliphatic rings. The summed E-state index contributed by atoms with van der Waals surface area (Å²) in [6.45, 7) is 3.51. The molecule has 1 aromatic carbocycles. The maximum atomic E-state index is 12.6. The summed E-state index contributed by atoms with van der Waals surface area (Å²) in [7, 11) is 1.67. The van der Waals surface area contributed by atoms with E-state index >= 15 is 0 Å². The van der Waals surface area contributed by atoms with Crippen LogP contribution in [-0.4, -0.2) is 40.5 Å². The molecule has 4 rings (SSSR count). The fourth-order valence-electron chi connectivity index (χ4n) is 3.89. The van der Waals surface area contributed by atoms with E-state index in [1.807, 2.05) is 47.5 Å². The Morgan fingerprint density at radius 1 is 1.29 bits per heavy atom. The van der Waals surface area contributed by atoms with Crippen molar-refractivity contribution >= 4 is 11.5 Å². The number of nitrogens with zero attached hydrogens (tertiary/aromatic N) is 3. The van der Waals surface area contributed by atoms with Crippen LogP contribution in [-0.2, 0) is 0 Å². The Balaban J connectivity index is 1.77. The first-order valence-corrected chi connectivity index (χ1v) is 9.88. The number of pyridine rings is 1. The van der Waals surface area contributed by atoms with Crippen LogP contribution in [0.2, 0.25) is 0 Å². The Morgan fingerprint density at radius 2 is 2.18 bits per heavy atom. The number of imidazole rings is 1. The van der Waals surface area contributed by atoms with Crippen LogP contribution in [0.25, 0.3) is 16.8 Å². The number of hydrogen-bond acceptors (Lipinski definition) is 3. The van der Waals surface area contributed by atoms with Crippen molar-refractivity contribution in [2.24, 2.45) is 0 Å². The summed E-state index contributed by atoms with van der Waals surface area (Å²) in [5.41, 5.74) is 2.95. The molecule has 0 radical (unpaired) electrons. The van der Waals surface area contributed by atoms with Gasteiger partial charge >= 0.3 is 6.03 Å². The van der Waals surface area contributed by atoms with E-state index in [1.165, 1.54) is 0 Å². The minimum Gasteiger partial charge on any atom is -0.497 e. The molecule has 1 unspecified atom stereocenters. The van der Waals surface area contributed by atoms with Gasteiger partial charge in [-0.3, -0.25) is 0 Å². The monoisotopic (exact) mass is 378 g/mol. The minimum atomic E-state index is -0.0221. The third kappa shape index (κ3) is 3.30. The number of ether oxygens (including phenoxy) is 1. The molecule has 0 saturated carbocycles. The second kappa shape index (κ2) is 7.92. The van der Waals surface area contributed by atoms with Crippen LogP contribution >= 0.6 is 0 Å². The molecule has 1 fully saturated rings. The number of hydrogen-bond donors (Lipinski definition) is 1. The lowest BCUT2D eigenvalue weighted by Gasteiger charge is -2.24. The van der Waals surface area contributed by atoms with Gasteiger partial charge in [-0.15, -0.1) is 0 Å². The third-order valence-corrected chi connectivity index (χ3v) is 5.26. The van der Waals surface area contributed by atoms with E-state index in [1.54, 1.807) is 7.11 Å². The van der Waals surface area contributed by atoms with Crippen molar-refractivity contribution in [1.82, 2.24) is 19.6 Å². The first-order valence-electron chi connectivity index (χ1n) is 9.88. The average Bonchev–Trinajstić information content (AvgIpc) is 3.36. The van der Waals surface area contributed by atoms with E-state index in [0.717, 1.165) is 54.2 Å². The molecule has 6 nitrogen and oxygen atoms in total. The topological polar surface area (TPSA) is 58.9 Å². The molecule has 1 atom stereocenters. The lowest BCUT2D eigenvalue weighted by molar-refractivity contribution is 0.191. The van der Waals surface area contributed by atoms with E-state index in [4.69, 9.17) is 9.72 Å².